The topological polar surface area (TPSA) is 12.9 Å². The Balaban J connectivity index is 2.57. The molecule has 0 amide bonds. The van der Waals surface area contributed by atoms with Crippen LogP contribution in [0.5, 0.6) is 0 Å². The zero-order chi connectivity index (χ0) is 9.97. The van der Waals surface area contributed by atoms with Crippen molar-refractivity contribution in [3.8, 4) is 11.3 Å². The minimum absolute atomic E-state index is 0.259. The Kier molecular flexibility index (Phi) is 2.27. The molecule has 0 saturated heterocycles. The molecule has 14 heavy (non-hydrogen) atoms. The molecular weight excluding hydrogens is 177 g/mol. The first-order valence-electron chi connectivity index (χ1n) is 4.36. The van der Waals surface area contributed by atoms with Gasteiger partial charge in [-0.1, -0.05) is 17.7 Å². The van der Waals surface area contributed by atoms with Crippen LogP contribution in [0.4, 0.5) is 4.39 Å². The molecule has 0 aliphatic rings. The van der Waals surface area contributed by atoms with Crippen LogP contribution in [0.3, 0.4) is 0 Å². The smallest absolute Gasteiger partial charge is 0.132 e. The first-order valence-corrected chi connectivity index (χ1v) is 4.36. The first-order chi connectivity index (χ1) is 6.77. The summed E-state index contributed by atoms with van der Waals surface area (Å²) in [6.07, 6.45) is 1.63. The lowest BCUT2D eigenvalue weighted by Crippen LogP contribution is -1.88. The SMILES string of the molecule is Cc1ccc(F)c(-c2[c]cccn2)c1. The number of halogens is 1. The van der Waals surface area contributed by atoms with Gasteiger partial charge in [-0.05, 0) is 25.1 Å². The average Bonchev–Trinajstić information content (AvgIpc) is 2.23. The van der Waals surface area contributed by atoms with Crippen LogP contribution in [0.15, 0.2) is 36.5 Å². The monoisotopic (exact) mass is 186 g/mol. The van der Waals surface area contributed by atoms with Crippen molar-refractivity contribution in [2.45, 2.75) is 6.92 Å². The Labute approximate surface area is 82.2 Å². The van der Waals surface area contributed by atoms with Gasteiger partial charge >= 0.3 is 0 Å². The van der Waals surface area contributed by atoms with Gasteiger partial charge in [-0.2, -0.15) is 0 Å². The minimum atomic E-state index is -0.259. The standard InChI is InChI=1S/C12H9FN/c1-9-5-6-11(13)10(8-9)12-4-2-3-7-14-12/h2-3,5-8H,1H3. The summed E-state index contributed by atoms with van der Waals surface area (Å²) in [6.45, 7) is 1.92. The maximum absolute atomic E-state index is 13.4. The fraction of sp³-hybridized carbons (Fsp3) is 0.0833. The molecule has 0 saturated carbocycles. The van der Waals surface area contributed by atoms with Crippen LogP contribution in [0, 0.1) is 18.8 Å². The van der Waals surface area contributed by atoms with Gasteiger partial charge < -0.3 is 0 Å². The van der Waals surface area contributed by atoms with E-state index in [9.17, 15) is 4.39 Å². The molecule has 2 heteroatoms. The van der Waals surface area contributed by atoms with E-state index in [-0.39, 0.29) is 5.82 Å². The van der Waals surface area contributed by atoms with Gasteiger partial charge in [-0.3, -0.25) is 4.98 Å². The first kappa shape index (κ1) is 8.88. The second-order valence-corrected chi connectivity index (χ2v) is 3.11. The maximum Gasteiger partial charge on any atom is 0.132 e. The number of hydrogen-bond acceptors (Lipinski definition) is 1. The molecular formula is C12H9FN. The summed E-state index contributed by atoms with van der Waals surface area (Å²) in [4.78, 5) is 4.06. The Hall–Kier alpha value is -1.70. The molecule has 1 radical (unpaired) electrons. The highest BCUT2D eigenvalue weighted by atomic mass is 19.1. The summed E-state index contributed by atoms with van der Waals surface area (Å²) in [5.74, 6) is -0.259. The zero-order valence-corrected chi connectivity index (χ0v) is 7.79. The molecule has 0 aliphatic heterocycles. The molecule has 2 rings (SSSR count). The van der Waals surface area contributed by atoms with Crippen LogP contribution in [0.25, 0.3) is 11.3 Å². The van der Waals surface area contributed by atoms with Crippen molar-refractivity contribution in [2.75, 3.05) is 0 Å². The third-order valence-electron chi connectivity index (χ3n) is 1.98. The number of nitrogens with zero attached hydrogens (tertiary/aromatic N) is 1. The van der Waals surface area contributed by atoms with Gasteiger partial charge in [0.15, 0.2) is 0 Å². The van der Waals surface area contributed by atoms with Crippen molar-refractivity contribution in [3.63, 3.8) is 0 Å². The predicted octanol–water partition coefficient (Wildman–Crippen LogP) is 3.00. The second kappa shape index (κ2) is 3.58. The maximum atomic E-state index is 13.4. The molecule has 0 atom stereocenters. The lowest BCUT2D eigenvalue weighted by atomic mass is 10.1. The lowest BCUT2D eigenvalue weighted by Gasteiger charge is -2.02. The van der Waals surface area contributed by atoms with Crippen molar-refractivity contribution < 1.29 is 4.39 Å². The van der Waals surface area contributed by atoms with E-state index in [0.29, 0.717) is 11.3 Å². The Morgan fingerprint density at radius 1 is 1.36 bits per heavy atom. The summed E-state index contributed by atoms with van der Waals surface area (Å²) in [7, 11) is 0. The number of benzene rings is 1. The van der Waals surface area contributed by atoms with Gasteiger partial charge in [0.1, 0.15) is 5.82 Å². The number of aromatic nitrogens is 1. The van der Waals surface area contributed by atoms with Crippen LogP contribution in [-0.2, 0) is 0 Å². The van der Waals surface area contributed by atoms with Crippen molar-refractivity contribution in [1.82, 2.24) is 4.98 Å². The van der Waals surface area contributed by atoms with E-state index in [2.05, 4.69) is 11.1 Å². The molecule has 0 spiro atoms. The summed E-state index contributed by atoms with van der Waals surface area (Å²) >= 11 is 0. The fourth-order valence-electron chi connectivity index (χ4n) is 1.29. The molecule has 1 aromatic heterocycles. The normalized spacial score (nSPS) is 10.1. The van der Waals surface area contributed by atoms with E-state index >= 15 is 0 Å². The number of hydrogen-bond donors (Lipinski definition) is 0. The van der Waals surface area contributed by atoms with Crippen molar-refractivity contribution in [3.05, 3.63) is 54.0 Å². The van der Waals surface area contributed by atoms with Gasteiger partial charge in [-0.25, -0.2) is 4.39 Å². The lowest BCUT2D eigenvalue weighted by molar-refractivity contribution is 0.630. The van der Waals surface area contributed by atoms with Gasteiger partial charge in [0.2, 0.25) is 0 Å². The van der Waals surface area contributed by atoms with Gasteiger partial charge in [0.05, 0.1) is 5.69 Å². The molecule has 1 nitrogen and oxygen atoms in total. The van der Waals surface area contributed by atoms with E-state index in [0.717, 1.165) is 5.56 Å². The molecule has 0 bridgehead atoms. The Bertz CT molecular complexity index is 437. The quantitative estimate of drug-likeness (QED) is 0.667. The highest BCUT2D eigenvalue weighted by Crippen LogP contribution is 2.20. The largest absolute Gasteiger partial charge is 0.255 e. The van der Waals surface area contributed by atoms with Crippen LogP contribution in [0.2, 0.25) is 0 Å². The Morgan fingerprint density at radius 2 is 2.21 bits per heavy atom. The third kappa shape index (κ3) is 1.64. The molecule has 0 fully saturated rings. The van der Waals surface area contributed by atoms with Gasteiger partial charge in [-0.15, -0.1) is 0 Å². The van der Waals surface area contributed by atoms with Crippen molar-refractivity contribution in [1.29, 1.82) is 0 Å². The Morgan fingerprint density at radius 3 is 2.93 bits per heavy atom. The van der Waals surface area contributed by atoms with Crippen molar-refractivity contribution >= 4 is 0 Å². The molecule has 69 valence electrons. The number of aryl methyl sites for hydroxylation is 1. The van der Waals surface area contributed by atoms with Crippen LogP contribution >= 0.6 is 0 Å². The molecule has 2 aromatic rings. The number of rotatable bonds is 1. The van der Waals surface area contributed by atoms with E-state index in [4.69, 9.17) is 0 Å². The van der Waals surface area contributed by atoms with Crippen LogP contribution in [0.1, 0.15) is 5.56 Å². The summed E-state index contributed by atoms with van der Waals surface area (Å²) in [5, 5.41) is 0. The molecule has 0 unspecified atom stereocenters. The molecule has 0 N–H and O–H groups in total. The minimum Gasteiger partial charge on any atom is -0.255 e. The highest BCUT2D eigenvalue weighted by molar-refractivity contribution is 5.59. The summed E-state index contributed by atoms with van der Waals surface area (Å²) in [5.41, 5.74) is 2.07. The summed E-state index contributed by atoms with van der Waals surface area (Å²) in [6, 6.07) is 11.4. The molecule has 1 aromatic carbocycles. The van der Waals surface area contributed by atoms with E-state index in [1.807, 2.05) is 6.92 Å². The fourth-order valence-corrected chi connectivity index (χ4v) is 1.29. The predicted molar refractivity (Wildman–Crippen MR) is 53.2 cm³/mol. The average molecular weight is 186 g/mol. The van der Waals surface area contributed by atoms with Crippen molar-refractivity contribution in [2.24, 2.45) is 0 Å². The third-order valence-corrected chi connectivity index (χ3v) is 1.98. The molecule has 0 aliphatic carbocycles. The second-order valence-electron chi connectivity index (χ2n) is 3.11. The highest BCUT2D eigenvalue weighted by Gasteiger charge is 2.05. The zero-order valence-electron chi connectivity index (χ0n) is 7.79. The number of pyridine rings is 1. The van der Waals surface area contributed by atoms with E-state index < -0.39 is 0 Å². The molecule has 1 heterocycles. The van der Waals surface area contributed by atoms with Crippen LogP contribution in [-0.4, -0.2) is 4.98 Å². The van der Waals surface area contributed by atoms with E-state index in [1.165, 1.54) is 6.07 Å². The van der Waals surface area contributed by atoms with E-state index in [1.54, 1.807) is 30.5 Å². The summed E-state index contributed by atoms with van der Waals surface area (Å²) < 4.78 is 13.4. The van der Waals surface area contributed by atoms with Gasteiger partial charge in [0.25, 0.3) is 0 Å². The van der Waals surface area contributed by atoms with Gasteiger partial charge in [0, 0.05) is 17.8 Å². The van der Waals surface area contributed by atoms with Crippen LogP contribution < -0.4 is 0 Å².